The minimum Gasteiger partial charge on any atom is -0.493 e. The molecule has 0 fully saturated rings. The second-order valence-corrected chi connectivity index (χ2v) is 7.98. The molecular weight excluding hydrogens is 406 g/mol. The Hall–Kier alpha value is -3.02. The van der Waals surface area contributed by atoms with E-state index in [0.717, 1.165) is 29.8 Å². The van der Waals surface area contributed by atoms with Crippen molar-refractivity contribution in [3.8, 4) is 11.5 Å². The van der Waals surface area contributed by atoms with Gasteiger partial charge in [0.25, 0.3) is 5.91 Å². The van der Waals surface area contributed by atoms with Gasteiger partial charge in [0.05, 0.1) is 25.8 Å². The van der Waals surface area contributed by atoms with Gasteiger partial charge in [-0.3, -0.25) is 9.59 Å². The molecular formula is C26H33NO5. The molecule has 0 aromatic heterocycles. The molecule has 0 N–H and O–H groups in total. The lowest BCUT2D eigenvalue weighted by atomic mass is 10.1. The van der Waals surface area contributed by atoms with Crippen LogP contribution in [-0.2, 0) is 20.7 Å². The molecule has 0 radical (unpaired) electrons. The Morgan fingerprint density at radius 1 is 1.03 bits per heavy atom. The van der Waals surface area contributed by atoms with Gasteiger partial charge in [-0.25, -0.2) is 0 Å². The number of hydrogen-bond acceptors (Lipinski definition) is 5. The van der Waals surface area contributed by atoms with Crippen LogP contribution in [0.4, 0.5) is 5.69 Å². The number of anilines is 1. The van der Waals surface area contributed by atoms with Gasteiger partial charge >= 0.3 is 5.97 Å². The van der Waals surface area contributed by atoms with Crippen LogP contribution in [0.1, 0.15) is 51.0 Å². The molecule has 0 saturated carbocycles. The van der Waals surface area contributed by atoms with Gasteiger partial charge in [0, 0.05) is 18.5 Å². The Kier molecular flexibility index (Phi) is 8.96. The Morgan fingerprint density at radius 2 is 1.78 bits per heavy atom. The van der Waals surface area contributed by atoms with Crippen molar-refractivity contribution in [3.63, 3.8) is 0 Å². The van der Waals surface area contributed by atoms with Crippen LogP contribution in [0, 0.1) is 0 Å². The van der Waals surface area contributed by atoms with E-state index in [4.69, 9.17) is 14.2 Å². The SMILES string of the molecule is CCCCCCCN1C(=O)C(CCOc2ccccc2CC(=O)OC)Oc2ccccc21. The molecule has 32 heavy (non-hydrogen) atoms. The van der Waals surface area contributed by atoms with Crippen LogP contribution in [0.5, 0.6) is 11.5 Å². The molecule has 1 unspecified atom stereocenters. The highest BCUT2D eigenvalue weighted by molar-refractivity contribution is 6.00. The lowest BCUT2D eigenvalue weighted by molar-refractivity contribution is -0.139. The largest absolute Gasteiger partial charge is 0.493 e. The van der Waals surface area contributed by atoms with Crippen LogP contribution in [0.2, 0.25) is 0 Å². The van der Waals surface area contributed by atoms with Gasteiger partial charge in [-0.2, -0.15) is 0 Å². The van der Waals surface area contributed by atoms with Crippen molar-refractivity contribution in [2.75, 3.05) is 25.2 Å². The van der Waals surface area contributed by atoms with Gasteiger partial charge in [-0.1, -0.05) is 62.9 Å². The lowest BCUT2D eigenvalue weighted by Gasteiger charge is -2.34. The summed E-state index contributed by atoms with van der Waals surface area (Å²) in [5.41, 5.74) is 1.60. The first-order valence-electron chi connectivity index (χ1n) is 11.5. The molecule has 1 amide bonds. The first-order chi connectivity index (χ1) is 15.6. The second kappa shape index (κ2) is 12.1. The standard InChI is InChI=1S/C26H33NO5/c1-3-4-5-6-11-17-27-21-13-8-10-15-23(21)32-24(26(27)29)16-18-31-22-14-9-7-12-20(22)19-25(28)30-2/h7-10,12-15,24H,3-6,11,16-19H2,1-2H3. The summed E-state index contributed by atoms with van der Waals surface area (Å²) >= 11 is 0. The van der Waals surface area contributed by atoms with Gasteiger partial charge in [0.15, 0.2) is 6.10 Å². The Bertz CT molecular complexity index is 897. The molecule has 6 nitrogen and oxygen atoms in total. The van der Waals surface area contributed by atoms with Crippen LogP contribution in [0.3, 0.4) is 0 Å². The van der Waals surface area contributed by atoms with Crippen molar-refractivity contribution in [1.82, 2.24) is 0 Å². The van der Waals surface area contributed by atoms with E-state index in [1.54, 1.807) is 0 Å². The van der Waals surface area contributed by atoms with Crippen molar-refractivity contribution in [2.45, 2.75) is 58.0 Å². The van der Waals surface area contributed by atoms with E-state index in [1.807, 2.05) is 53.4 Å². The van der Waals surface area contributed by atoms with E-state index in [-0.39, 0.29) is 18.3 Å². The van der Waals surface area contributed by atoms with Crippen LogP contribution >= 0.6 is 0 Å². The minimum absolute atomic E-state index is 0.0226. The Labute approximate surface area is 190 Å². The molecule has 0 bridgehead atoms. The monoisotopic (exact) mass is 439 g/mol. The predicted molar refractivity (Wildman–Crippen MR) is 124 cm³/mol. The highest BCUT2D eigenvalue weighted by Crippen LogP contribution is 2.34. The number of rotatable bonds is 12. The molecule has 0 spiro atoms. The first kappa shape index (κ1) is 23.6. The molecule has 2 aromatic carbocycles. The topological polar surface area (TPSA) is 65.1 Å². The number of carbonyl (C=O) groups is 2. The maximum Gasteiger partial charge on any atom is 0.310 e. The highest BCUT2D eigenvalue weighted by Gasteiger charge is 2.33. The fourth-order valence-electron chi connectivity index (χ4n) is 3.86. The number of ether oxygens (including phenoxy) is 3. The third-order valence-electron chi connectivity index (χ3n) is 5.62. The van der Waals surface area contributed by atoms with E-state index >= 15 is 0 Å². The molecule has 1 aliphatic rings. The number of nitrogens with zero attached hydrogens (tertiary/aromatic N) is 1. The van der Waals surface area contributed by atoms with E-state index in [9.17, 15) is 9.59 Å². The van der Waals surface area contributed by atoms with E-state index in [1.165, 1.54) is 26.4 Å². The minimum atomic E-state index is -0.590. The Balaban J connectivity index is 1.61. The normalized spacial score (nSPS) is 15.1. The van der Waals surface area contributed by atoms with E-state index in [0.29, 0.717) is 25.3 Å². The number of amides is 1. The highest BCUT2D eigenvalue weighted by atomic mass is 16.5. The molecule has 1 aliphatic heterocycles. The molecule has 172 valence electrons. The number of fused-ring (bicyclic) bond motifs is 1. The number of esters is 1. The van der Waals surface area contributed by atoms with Gasteiger partial charge in [0.1, 0.15) is 11.5 Å². The van der Waals surface area contributed by atoms with Crippen LogP contribution in [0.25, 0.3) is 0 Å². The summed E-state index contributed by atoms with van der Waals surface area (Å²) in [6, 6.07) is 15.1. The zero-order chi connectivity index (χ0) is 22.8. The molecule has 6 heteroatoms. The number of carbonyl (C=O) groups excluding carboxylic acids is 2. The van der Waals surface area contributed by atoms with Gasteiger partial charge < -0.3 is 19.1 Å². The summed E-state index contributed by atoms with van der Waals surface area (Å²) in [4.78, 5) is 26.7. The molecule has 1 heterocycles. The van der Waals surface area contributed by atoms with Gasteiger partial charge in [-0.15, -0.1) is 0 Å². The summed E-state index contributed by atoms with van der Waals surface area (Å²) in [7, 11) is 1.37. The average molecular weight is 440 g/mol. The molecule has 3 rings (SSSR count). The maximum absolute atomic E-state index is 13.2. The predicted octanol–water partition coefficient (Wildman–Crippen LogP) is 4.94. The van der Waals surface area contributed by atoms with Crippen molar-refractivity contribution < 1.29 is 23.8 Å². The van der Waals surface area contributed by atoms with Crippen LogP contribution < -0.4 is 14.4 Å². The van der Waals surface area contributed by atoms with Crippen molar-refractivity contribution in [3.05, 3.63) is 54.1 Å². The second-order valence-electron chi connectivity index (χ2n) is 7.98. The summed E-state index contributed by atoms with van der Waals surface area (Å²) in [5, 5.41) is 0. The Morgan fingerprint density at radius 3 is 2.59 bits per heavy atom. The van der Waals surface area contributed by atoms with Gasteiger partial charge in [0.2, 0.25) is 0 Å². The summed E-state index contributed by atoms with van der Waals surface area (Å²) < 4.78 is 16.7. The van der Waals surface area contributed by atoms with Crippen molar-refractivity contribution in [2.24, 2.45) is 0 Å². The fourth-order valence-corrected chi connectivity index (χ4v) is 3.86. The lowest BCUT2D eigenvalue weighted by Crippen LogP contribution is -2.47. The quantitative estimate of drug-likeness (QED) is 0.346. The molecule has 0 aliphatic carbocycles. The number of para-hydroxylation sites is 3. The summed E-state index contributed by atoms with van der Waals surface area (Å²) in [6.45, 7) is 3.20. The average Bonchev–Trinajstić information content (AvgIpc) is 2.81. The zero-order valence-corrected chi connectivity index (χ0v) is 19.0. The number of benzene rings is 2. The smallest absolute Gasteiger partial charge is 0.310 e. The van der Waals surface area contributed by atoms with Crippen LogP contribution in [0.15, 0.2) is 48.5 Å². The zero-order valence-electron chi connectivity index (χ0n) is 19.0. The summed E-state index contributed by atoms with van der Waals surface area (Å²) in [5.74, 6) is 1.01. The maximum atomic E-state index is 13.2. The third kappa shape index (κ3) is 6.25. The number of hydrogen-bond donors (Lipinski definition) is 0. The summed E-state index contributed by atoms with van der Waals surface area (Å²) in [6.07, 6.45) is 5.69. The van der Waals surface area contributed by atoms with Crippen molar-refractivity contribution in [1.29, 1.82) is 0 Å². The fraction of sp³-hybridized carbons (Fsp3) is 0.462. The molecule has 1 atom stereocenters. The molecule has 2 aromatic rings. The van der Waals surface area contributed by atoms with E-state index < -0.39 is 6.10 Å². The third-order valence-corrected chi connectivity index (χ3v) is 5.62. The first-order valence-corrected chi connectivity index (χ1v) is 11.5. The van der Waals surface area contributed by atoms with E-state index in [2.05, 4.69) is 6.92 Å². The number of methoxy groups -OCH3 is 1. The number of unbranched alkanes of at least 4 members (excludes halogenated alkanes) is 4. The van der Waals surface area contributed by atoms with Crippen LogP contribution in [-0.4, -0.2) is 38.2 Å². The van der Waals surface area contributed by atoms with Gasteiger partial charge in [-0.05, 0) is 24.6 Å². The molecule has 0 saturated heterocycles. The van der Waals surface area contributed by atoms with Crippen molar-refractivity contribution >= 4 is 17.6 Å².